The molecule has 0 fully saturated rings. The fourth-order valence-corrected chi connectivity index (χ4v) is 2.02. The van der Waals surface area contributed by atoms with E-state index in [9.17, 15) is 4.79 Å². The van der Waals surface area contributed by atoms with Gasteiger partial charge in [0.05, 0.1) is 12.6 Å². The normalized spacial score (nSPS) is 11.8. The van der Waals surface area contributed by atoms with Gasteiger partial charge in [-0.1, -0.05) is 13.8 Å². The summed E-state index contributed by atoms with van der Waals surface area (Å²) in [5.41, 5.74) is 2.23. The second-order valence-corrected chi connectivity index (χ2v) is 5.77. The molecule has 1 rings (SSSR count). The zero-order valence-corrected chi connectivity index (χ0v) is 13.0. The molecule has 19 heavy (non-hydrogen) atoms. The van der Waals surface area contributed by atoms with Crippen LogP contribution in [0.15, 0.2) is 12.1 Å². The van der Waals surface area contributed by atoms with E-state index >= 15 is 0 Å². The monoisotopic (exact) mass is 263 g/mol. The Kier molecular flexibility index (Phi) is 4.75. The van der Waals surface area contributed by atoms with E-state index in [2.05, 4.69) is 19.2 Å². The Balaban J connectivity index is 3.37. The molecule has 0 aromatic heterocycles. The summed E-state index contributed by atoms with van der Waals surface area (Å²) in [5.74, 6) is 1.28. The van der Waals surface area contributed by atoms with E-state index in [0.29, 0.717) is 5.92 Å². The van der Waals surface area contributed by atoms with Gasteiger partial charge in [-0.15, -0.1) is 0 Å². The molecule has 0 aliphatic heterocycles. The van der Waals surface area contributed by atoms with Crippen molar-refractivity contribution in [3.8, 4) is 5.75 Å². The summed E-state index contributed by atoms with van der Waals surface area (Å²) >= 11 is 0. The third kappa shape index (κ3) is 3.16. The van der Waals surface area contributed by atoms with Crippen LogP contribution in [-0.4, -0.2) is 25.5 Å². The average molecular weight is 263 g/mol. The van der Waals surface area contributed by atoms with E-state index in [1.807, 2.05) is 32.9 Å². The van der Waals surface area contributed by atoms with Gasteiger partial charge in [0.2, 0.25) is 0 Å². The molecular weight excluding hydrogens is 238 g/mol. The summed E-state index contributed by atoms with van der Waals surface area (Å²) in [7, 11) is 3.47. The number of aryl methyl sites for hydroxylation is 1. The van der Waals surface area contributed by atoms with Crippen LogP contribution in [0.25, 0.3) is 0 Å². The molecule has 0 bridgehead atoms. The third-order valence-electron chi connectivity index (χ3n) is 3.64. The number of carbonyl (C=O) groups excluding carboxylic acids is 1. The van der Waals surface area contributed by atoms with Gasteiger partial charge < -0.3 is 10.1 Å². The maximum atomic E-state index is 12.6. The van der Waals surface area contributed by atoms with Crippen molar-refractivity contribution < 1.29 is 9.53 Å². The van der Waals surface area contributed by atoms with Crippen LogP contribution in [-0.2, 0) is 0 Å². The number of likely N-dealkylation sites (N-methyl/N-ethyl adjacent to an activating group) is 1. The van der Waals surface area contributed by atoms with E-state index in [4.69, 9.17) is 4.74 Å². The van der Waals surface area contributed by atoms with Crippen molar-refractivity contribution in [1.82, 2.24) is 5.32 Å². The van der Waals surface area contributed by atoms with Crippen molar-refractivity contribution >= 4 is 5.78 Å². The van der Waals surface area contributed by atoms with E-state index < -0.39 is 5.54 Å². The Morgan fingerprint density at radius 3 is 2.32 bits per heavy atom. The molecule has 1 N–H and O–H groups in total. The number of benzene rings is 1. The van der Waals surface area contributed by atoms with Gasteiger partial charge in [-0.05, 0) is 57.0 Å². The first-order chi connectivity index (χ1) is 8.74. The fourth-order valence-electron chi connectivity index (χ4n) is 2.02. The summed E-state index contributed by atoms with van der Waals surface area (Å²) in [6, 6.07) is 3.93. The number of ether oxygens (including phenoxy) is 1. The minimum absolute atomic E-state index is 0.108. The first kappa shape index (κ1) is 15.7. The maximum Gasteiger partial charge on any atom is 0.182 e. The van der Waals surface area contributed by atoms with Gasteiger partial charge in [0, 0.05) is 5.56 Å². The Morgan fingerprint density at radius 1 is 1.32 bits per heavy atom. The highest BCUT2D eigenvalue weighted by atomic mass is 16.5. The Hall–Kier alpha value is -1.35. The molecule has 1 aromatic carbocycles. The van der Waals surface area contributed by atoms with Crippen molar-refractivity contribution in [3.05, 3.63) is 28.8 Å². The quantitative estimate of drug-likeness (QED) is 0.828. The topological polar surface area (TPSA) is 38.3 Å². The molecule has 0 amide bonds. The molecule has 0 unspecified atom stereocenters. The SMILES string of the molecule is CNC(C)(C)C(=O)c1cc(C(C)C)c(OC)cc1C. The number of rotatable bonds is 5. The van der Waals surface area contributed by atoms with Crippen LogP contribution in [0.5, 0.6) is 5.75 Å². The highest BCUT2D eigenvalue weighted by Crippen LogP contribution is 2.31. The van der Waals surface area contributed by atoms with Crippen molar-refractivity contribution in [1.29, 1.82) is 0 Å². The molecule has 3 nitrogen and oxygen atoms in total. The number of hydrogen-bond donors (Lipinski definition) is 1. The molecule has 0 radical (unpaired) electrons. The molecular formula is C16H25NO2. The van der Waals surface area contributed by atoms with Gasteiger partial charge in [0.25, 0.3) is 0 Å². The fraction of sp³-hybridized carbons (Fsp3) is 0.562. The first-order valence-electron chi connectivity index (χ1n) is 6.66. The van der Waals surface area contributed by atoms with Gasteiger partial charge in [0.1, 0.15) is 5.75 Å². The molecule has 3 heteroatoms. The summed E-state index contributed by atoms with van der Waals surface area (Å²) in [6.45, 7) is 9.95. The summed E-state index contributed by atoms with van der Waals surface area (Å²) in [6.07, 6.45) is 0. The summed E-state index contributed by atoms with van der Waals surface area (Å²) in [5, 5.41) is 3.06. The number of hydrogen-bond acceptors (Lipinski definition) is 3. The lowest BCUT2D eigenvalue weighted by Crippen LogP contribution is -2.44. The van der Waals surface area contributed by atoms with Crippen LogP contribution < -0.4 is 10.1 Å². The molecule has 0 atom stereocenters. The summed E-state index contributed by atoms with van der Waals surface area (Å²) in [4.78, 5) is 12.6. The molecule has 0 spiro atoms. The number of nitrogens with one attached hydrogen (secondary N) is 1. The van der Waals surface area contributed by atoms with Crippen molar-refractivity contribution in [3.63, 3.8) is 0 Å². The smallest absolute Gasteiger partial charge is 0.182 e. The van der Waals surface area contributed by atoms with E-state index in [1.165, 1.54) is 0 Å². The largest absolute Gasteiger partial charge is 0.496 e. The van der Waals surface area contributed by atoms with E-state index in [-0.39, 0.29) is 5.78 Å². The van der Waals surface area contributed by atoms with Gasteiger partial charge in [0.15, 0.2) is 5.78 Å². The third-order valence-corrected chi connectivity index (χ3v) is 3.64. The zero-order chi connectivity index (χ0) is 14.8. The lowest BCUT2D eigenvalue weighted by molar-refractivity contribution is 0.0889. The van der Waals surface area contributed by atoms with Crippen LogP contribution in [0.3, 0.4) is 0 Å². The van der Waals surface area contributed by atoms with Crippen LogP contribution in [0.4, 0.5) is 0 Å². The first-order valence-corrected chi connectivity index (χ1v) is 6.66. The highest BCUT2D eigenvalue weighted by Gasteiger charge is 2.28. The number of ketones is 1. The van der Waals surface area contributed by atoms with Crippen LogP contribution in [0.1, 0.15) is 55.1 Å². The molecule has 0 saturated heterocycles. The number of methoxy groups -OCH3 is 1. The maximum absolute atomic E-state index is 12.6. The molecule has 106 valence electrons. The Labute approximate surface area is 116 Å². The van der Waals surface area contributed by atoms with Gasteiger partial charge in [-0.25, -0.2) is 0 Å². The van der Waals surface area contributed by atoms with Gasteiger partial charge in [-0.2, -0.15) is 0 Å². The van der Waals surface area contributed by atoms with E-state index in [1.54, 1.807) is 14.2 Å². The van der Waals surface area contributed by atoms with Gasteiger partial charge >= 0.3 is 0 Å². The van der Waals surface area contributed by atoms with Crippen molar-refractivity contribution in [2.75, 3.05) is 14.2 Å². The lowest BCUT2D eigenvalue weighted by atomic mass is 9.87. The Morgan fingerprint density at radius 2 is 1.89 bits per heavy atom. The van der Waals surface area contributed by atoms with Crippen LogP contribution in [0, 0.1) is 6.92 Å². The van der Waals surface area contributed by atoms with Crippen LogP contribution in [0.2, 0.25) is 0 Å². The number of Topliss-reactive ketones (excluding diaryl/α,β-unsaturated/α-hetero) is 1. The predicted octanol–water partition coefficient (Wildman–Crippen LogP) is 3.31. The molecule has 0 saturated carbocycles. The highest BCUT2D eigenvalue weighted by molar-refractivity contribution is 6.04. The second kappa shape index (κ2) is 5.74. The van der Waals surface area contributed by atoms with Gasteiger partial charge in [-0.3, -0.25) is 4.79 Å². The van der Waals surface area contributed by atoms with E-state index in [0.717, 1.165) is 22.4 Å². The standard InChI is InChI=1S/C16H25NO2/c1-10(2)12-9-13(11(3)8-14(12)19-7)15(18)16(4,5)17-6/h8-10,17H,1-7H3. The van der Waals surface area contributed by atoms with Crippen molar-refractivity contribution in [2.24, 2.45) is 0 Å². The second-order valence-electron chi connectivity index (χ2n) is 5.77. The minimum Gasteiger partial charge on any atom is -0.496 e. The average Bonchev–Trinajstić information content (AvgIpc) is 2.37. The predicted molar refractivity (Wildman–Crippen MR) is 79.3 cm³/mol. The molecule has 0 aliphatic rings. The summed E-state index contributed by atoms with van der Waals surface area (Å²) < 4.78 is 5.41. The molecule has 0 heterocycles. The van der Waals surface area contributed by atoms with Crippen molar-refractivity contribution in [2.45, 2.75) is 46.1 Å². The zero-order valence-electron chi connectivity index (χ0n) is 13.0. The number of carbonyl (C=O) groups is 1. The molecule has 1 aromatic rings. The van der Waals surface area contributed by atoms with Crippen LogP contribution >= 0.6 is 0 Å². The minimum atomic E-state index is -0.562. The molecule has 0 aliphatic carbocycles. The lowest BCUT2D eigenvalue weighted by Gasteiger charge is -2.24. The Bertz CT molecular complexity index is 476.